The largest absolute Gasteiger partial charge is 0.497 e. The molecule has 2 N–H and O–H groups in total. The molecule has 4 rings (SSSR count). The third-order valence-electron chi connectivity index (χ3n) is 5.58. The molecule has 1 saturated heterocycles. The number of nitrogens with one attached hydrogen (secondary N) is 2. The highest BCUT2D eigenvalue weighted by molar-refractivity contribution is 7.89. The normalized spacial score (nSPS) is 17.1. The number of hydrogen-bond acceptors (Lipinski definition) is 6. The van der Waals surface area contributed by atoms with E-state index in [0.29, 0.717) is 24.5 Å². The van der Waals surface area contributed by atoms with Gasteiger partial charge < -0.3 is 10.1 Å². The van der Waals surface area contributed by atoms with Crippen molar-refractivity contribution < 1.29 is 13.2 Å². The lowest BCUT2D eigenvalue weighted by Gasteiger charge is -2.17. The lowest BCUT2D eigenvalue weighted by Crippen LogP contribution is -2.29. The second-order valence-electron chi connectivity index (χ2n) is 7.89. The van der Waals surface area contributed by atoms with Crippen molar-refractivity contribution in [2.24, 2.45) is 0 Å². The topological polar surface area (TPSA) is 100 Å². The van der Waals surface area contributed by atoms with Crippen LogP contribution in [0.4, 0.5) is 11.4 Å². The van der Waals surface area contributed by atoms with Gasteiger partial charge in [0.25, 0.3) is 0 Å². The van der Waals surface area contributed by atoms with Gasteiger partial charge in [0, 0.05) is 41.8 Å². The van der Waals surface area contributed by atoms with Crippen molar-refractivity contribution in [3.63, 3.8) is 0 Å². The van der Waals surface area contributed by atoms with Crippen molar-refractivity contribution in [2.75, 3.05) is 25.5 Å². The fourth-order valence-electron chi connectivity index (χ4n) is 4.05. The van der Waals surface area contributed by atoms with E-state index in [1.165, 1.54) is 0 Å². The molecule has 0 aliphatic carbocycles. The van der Waals surface area contributed by atoms with Gasteiger partial charge in [0.1, 0.15) is 10.6 Å². The van der Waals surface area contributed by atoms with Crippen LogP contribution in [0, 0.1) is 20.8 Å². The summed E-state index contributed by atoms with van der Waals surface area (Å²) in [6.07, 6.45) is 0.730. The number of sulfonamides is 1. The van der Waals surface area contributed by atoms with E-state index in [-0.39, 0.29) is 10.8 Å². The predicted molar refractivity (Wildman–Crippen MR) is 119 cm³/mol. The Kier molecular flexibility index (Phi) is 5.72. The number of aromatic amines is 1. The van der Waals surface area contributed by atoms with Crippen LogP contribution in [0.5, 0.6) is 5.75 Å². The summed E-state index contributed by atoms with van der Waals surface area (Å²) < 4.78 is 33.1. The Morgan fingerprint density at radius 1 is 1.13 bits per heavy atom. The molecule has 1 atom stereocenters. The average molecular weight is 442 g/mol. The summed E-state index contributed by atoms with van der Waals surface area (Å²) in [5.41, 5.74) is 4.72. The van der Waals surface area contributed by atoms with Crippen LogP contribution in [0.25, 0.3) is 0 Å². The number of hydrogen-bond donors (Lipinski definition) is 2. The molecule has 8 nitrogen and oxygen atoms in total. The molecular formula is C22H27N5O3S. The smallest absolute Gasteiger partial charge is 0.246 e. The summed E-state index contributed by atoms with van der Waals surface area (Å²) in [6, 6.07) is 11.7. The van der Waals surface area contributed by atoms with Gasteiger partial charge in [-0.25, -0.2) is 8.42 Å². The Hall–Kier alpha value is -2.91. The summed E-state index contributed by atoms with van der Waals surface area (Å²) in [6.45, 7) is 6.27. The first-order valence-corrected chi connectivity index (χ1v) is 11.6. The zero-order chi connectivity index (χ0) is 22.2. The fraction of sp³-hybridized carbons (Fsp3) is 0.364. The Morgan fingerprint density at radius 3 is 2.52 bits per heavy atom. The van der Waals surface area contributed by atoms with Crippen molar-refractivity contribution in [2.45, 2.75) is 38.0 Å². The molecule has 3 heterocycles. The van der Waals surface area contributed by atoms with Crippen molar-refractivity contribution in [1.29, 1.82) is 0 Å². The number of aryl methyl sites for hydroxylation is 3. The van der Waals surface area contributed by atoms with Gasteiger partial charge in [-0.3, -0.25) is 10.1 Å². The highest BCUT2D eigenvalue weighted by Gasteiger charge is 2.36. The van der Waals surface area contributed by atoms with E-state index in [0.717, 1.165) is 34.9 Å². The highest BCUT2D eigenvalue weighted by atomic mass is 32.2. The van der Waals surface area contributed by atoms with Gasteiger partial charge in [-0.1, -0.05) is 0 Å². The van der Waals surface area contributed by atoms with E-state index in [9.17, 15) is 8.42 Å². The third kappa shape index (κ3) is 4.28. The van der Waals surface area contributed by atoms with Crippen LogP contribution in [-0.4, -0.2) is 48.1 Å². The molecule has 0 radical (unpaired) electrons. The number of rotatable bonds is 6. The molecule has 0 spiro atoms. The monoisotopic (exact) mass is 441 g/mol. The van der Waals surface area contributed by atoms with Crippen LogP contribution < -0.4 is 10.1 Å². The summed E-state index contributed by atoms with van der Waals surface area (Å²) in [5.74, 6) is 0.839. The number of H-pyrrole nitrogens is 1. The number of ether oxygens (including phenoxy) is 1. The lowest BCUT2D eigenvalue weighted by atomic mass is 10.0. The molecule has 1 aromatic carbocycles. The standard InChI is InChI=1S/C22H27N5O3S/c1-14-11-19(24-18-5-7-20(30-4)8-6-18)12-21(23-14)17-9-10-27(13-17)31(28,29)22-15(2)25-26-16(22)3/h5-8,11-12,17H,9-10,13H2,1-4H3,(H,23,24)(H,25,26). The Morgan fingerprint density at radius 2 is 1.87 bits per heavy atom. The predicted octanol–water partition coefficient (Wildman–Crippen LogP) is 3.66. The van der Waals surface area contributed by atoms with Crippen LogP contribution in [0.2, 0.25) is 0 Å². The second kappa shape index (κ2) is 8.32. The molecule has 1 unspecified atom stereocenters. The van der Waals surface area contributed by atoms with Crippen molar-refractivity contribution >= 4 is 21.4 Å². The van der Waals surface area contributed by atoms with Gasteiger partial charge in [-0.15, -0.1) is 0 Å². The molecule has 2 aromatic heterocycles. The first-order valence-electron chi connectivity index (χ1n) is 10.2. The van der Waals surface area contributed by atoms with E-state index in [4.69, 9.17) is 9.72 Å². The van der Waals surface area contributed by atoms with Crippen LogP contribution >= 0.6 is 0 Å². The van der Waals surface area contributed by atoms with Gasteiger partial charge in [0.2, 0.25) is 10.0 Å². The van der Waals surface area contributed by atoms with Crippen molar-refractivity contribution in [3.05, 3.63) is 59.2 Å². The first-order chi connectivity index (χ1) is 14.8. The number of nitrogens with zero attached hydrogens (tertiary/aromatic N) is 3. The summed E-state index contributed by atoms with van der Waals surface area (Å²) >= 11 is 0. The van der Waals surface area contributed by atoms with E-state index < -0.39 is 10.0 Å². The molecule has 1 fully saturated rings. The molecule has 9 heteroatoms. The zero-order valence-corrected chi connectivity index (χ0v) is 19.0. The summed E-state index contributed by atoms with van der Waals surface area (Å²) in [4.78, 5) is 4.98. The number of aromatic nitrogens is 3. The number of pyridine rings is 1. The molecule has 1 aliphatic heterocycles. The molecular weight excluding hydrogens is 414 g/mol. The minimum absolute atomic E-state index is 0.0404. The SMILES string of the molecule is COc1ccc(Nc2cc(C)nc(C3CCN(S(=O)(=O)c4c(C)n[nH]c4C)C3)c2)cc1. The fourth-order valence-corrected chi connectivity index (χ4v) is 5.89. The van der Waals surface area contributed by atoms with Gasteiger partial charge in [0.05, 0.1) is 18.5 Å². The summed E-state index contributed by atoms with van der Waals surface area (Å²) in [5, 5.41) is 10.2. The van der Waals surface area contributed by atoms with E-state index >= 15 is 0 Å². The number of methoxy groups -OCH3 is 1. The Balaban J connectivity index is 1.54. The zero-order valence-electron chi connectivity index (χ0n) is 18.1. The molecule has 0 bridgehead atoms. The molecule has 1 aliphatic rings. The van der Waals surface area contributed by atoms with Crippen LogP contribution in [0.3, 0.4) is 0 Å². The average Bonchev–Trinajstić information content (AvgIpc) is 3.36. The van der Waals surface area contributed by atoms with Gasteiger partial charge >= 0.3 is 0 Å². The maximum atomic E-state index is 13.2. The molecule has 31 heavy (non-hydrogen) atoms. The van der Waals surface area contributed by atoms with Crippen molar-refractivity contribution in [1.82, 2.24) is 19.5 Å². The quantitative estimate of drug-likeness (QED) is 0.606. The van der Waals surface area contributed by atoms with Crippen LogP contribution in [-0.2, 0) is 10.0 Å². The van der Waals surface area contributed by atoms with Crippen molar-refractivity contribution in [3.8, 4) is 5.75 Å². The lowest BCUT2D eigenvalue weighted by molar-refractivity contribution is 0.415. The molecule has 0 amide bonds. The number of anilines is 2. The van der Waals surface area contributed by atoms with Gasteiger partial charge in [-0.2, -0.15) is 9.40 Å². The Bertz CT molecular complexity index is 1170. The van der Waals surface area contributed by atoms with E-state index in [1.807, 2.05) is 43.3 Å². The first kappa shape index (κ1) is 21.3. The summed E-state index contributed by atoms with van der Waals surface area (Å²) in [7, 11) is -1.95. The highest BCUT2D eigenvalue weighted by Crippen LogP contribution is 2.33. The van der Waals surface area contributed by atoms with Gasteiger partial charge in [0.15, 0.2) is 0 Å². The minimum Gasteiger partial charge on any atom is -0.497 e. The van der Waals surface area contributed by atoms with E-state index in [1.54, 1.807) is 25.3 Å². The van der Waals surface area contributed by atoms with Crippen LogP contribution in [0.15, 0.2) is 41.3 Å². The maximum Gasteiger partial charge on any atom is 0.246 e. The van der Waals surface area contributed by atoms with E-state index in [2.05, 4.69) is 15.5 Å². The molecule has 0 saturated carbocycles. The second-order valence-corrected chi connectivity index (χ2v) is 9.76. The third-order valence-corrected chi connectivity index (χ3v) is 7.71. The van der Waals surface area contributed by atoms with Crippen LogP contribution in [0.1, 0.15) is 35.1 Å². The molecule has 3 aromatic rings. The van der Waals surface area contributed by atoms with Gasteiger partial charge in [-0.05, 0) is 63.6 Å². The Labute approximate surface area is 182 Å². The molecule has 164 valence electrons. The maximum absolute atomic E-state index is 13.2. The minimum atomic E-state index is -3.59. The number of benzene rings is 1.